The molecule has 0 bridgehead atoms. The molecule has 3 rings (SSSR count). The van der Waals surface area contributed by atoms with Gasteiger partial charge in [0.2, 0.25) is 11.8 Å². The van der Waals surface area contributed by atoms with E-state index in [1.165, 1.54) is 4.90 Å². The maximum Gasteiger partial charge on any atom is 0.353 e. The number of carboxylic acids is 1. The SMILES string of the molecule is C[C@@H](O)[C@H]1C(=O)N2C(C(=O)O)=C(S[C@@H]3CN[C@H](CSCCC(=O)NCN)C3)[C@H](C)[C@H]12. The van der Waals surface area contributed by atoms with Gasteiger partial charge in [0.25, 0.3) is 0 Å². The van der Waals surface area contributed by atoms with E-state index in [0.717, 1.165) is 29.4 Å². The summed E-state index contributed by atoms with van der Waals surface area (Å²) in [5.41, 5.74) is 5.37. The lowest BCUT2D eigenvalue weighted by atomic mass is 9.79. The molecule has 3 aliphatic heterocycles. The Morgan fingerprint density at radius 3 is 2.80 bits per heavy atom. The zero-order valence-electron chi connectivity index (χ0n) is 17.2. The number of fused-ring (bicyclic) bond motifs is 1. The van der Waals surface area contributed by atoms with Crippen LogP contribution in [0.25, 0.3) is 0 Å². The van der Waals surface area contributed by atoms with Gasteiger partial charge >= 0.3 is 5.97 Å². The topological polar surface area (TPSA) is 145 Å². The van der Waals surface area contributed by atoms with Crippen LogP contribution in [0, 0.1) is 11.8 Å². The minimum atomic E-state index is -1.09. The number of β-lactam (4-membered cyclic amide) rings is 1. The van der Waals surface area contributed by atoms with Gasteiger partial charge in [-0.05, 0) is 13.3 Å². The van der Waals surface area contributed by atoms with Crippen molar-refractivity contribution < 1.29 is 24.6 Å². The van der Waals surface area contributed by atoms with Gasteiger partial charge in [0, 0.05) is 46.6 Å². The van der Waals surface area contributed by atoms with Crippen LogP contribution in [-0.2, 0) is 14.4 Å². The molecule has 6 N–H and O–H groups in total. The molecule has 2 saturated heterocycles. The van der Waals surface area contributed by atoms with Crippen molar-refractivity contribution in [1.82, 2.24) is 15.5 Å². The molecule has 3 heterocycles. The summed E-state index contributed by atoms with van der Waals surface area (Å²) in [6.07, 6.45) is 0.547. The zero-order valence-corrected chi connectivity index (χ0v) is 18.8. The molecule has 0 saturated carbocycles. The third-order valence-electron chi connectivity index (χ3n) is 5.88. The molecule has 0 spiro atoms. The molecule has 0 aromatic heterocycles. The number of nitrogens with one attached hydrogen (secondary N) is 2. The number of nitrogens with two attached hydrogens (primary N) is 1. The molecule has 0 radical (unpaired) electrons. The number of carbonyl (C=O) groups is 3. The van der Waals surface area contributed by atoms with Crippen LogP contribution in [0.5, 0.6) is 0 Å². The van der Waals surface area contributed by atoms with Crippen molar-refractivity contribution in [3.63, 3.8) is 0 Å². The van der Waals surface area contributed by atoms with E-state index in [1.54, 1.807) is 30.4 Å². The number of amides is 2. The van der Waals surface area contributed by atoms with Crippen LogP contribution in [0.2, 0.25) is 0 Å². The summed E-state index contributed by atoms with van der Waals surface area (Å²) in [6.45, 7) is 4.45. The highest BCUT2D eigenvalue weighted by molar-refractivity contribution is 8.03. The van der Waals surface area contributed by atoms with Crippen molar-refractivity contribution in [1.29, 1.82) is 0 Å². The van der Waals surface area contributed by atoms with Crippen molar-refractivity contribution in [3.05, 3.63) is 10.6 Å². The lowest BCUT2D eigenvalue weighted by Gasteiger charge is -2.46. The van der Waals surface area contributed by atoms with E-state index in [9.17, 15) is 24.6 Å². The monoisotopic (exact) mass is 458 g/mol. The predicted octanol–water partition coefficient (Wildman–Crippen LogP) is -0.240. The number of aliphatic hydroxyl groups excluding tert-OH is 1. The van der Waals surface area contributed by atoms with Crippen molar-refractivity contribution in [2.24, 2.45) is 17.6 Å². The second kappa shape index (κ2) is 9.90. The molecule has 2 amide bonds. The molecule has 11 heteroatoms. The third kappa shape index (κ3) is 4.64. The minimum absolute atomic E-state index is 0.0455. The minimum Gasteiger partial charge on any atom is -0.477 e. The largest absolute Gasteiger partial charge is 0.477 e. The number of hydrogen-bond acceptors (Lipinski definition) is 8. The molecule has 9 nitrogen and oxygen atoms in total. The first kappa shape index (κ1) is 23.4. The molecule has 2 fully saturated rings. The molecule has 30 heavy (non-hydrogen) atoms. The number of carbonyl (C=O) groups excluding carboxylic acids is 2. The first-order valence-corrected chi connectivity index (χ1v) is 12.2. The van der Waals surface area contributed by atoms with E-state index in [-0.39, 0.29) is 41.4 Å². The van der Waals surface area contributed by atoms with Crippen LogP contribution in [0.15, 0.2) is 10.6 Å². The van der Waals surface area contributed by atoms with Gasteiger partial charge in [0.1, 0.15) is 5.70 Å². The second-order valence-corrected chi connectivity index (χ2v) is 10.5. The fourth-order valence-corrected chi connectivity index (χ4v) is 7.00. The quantitative estimate of drug-likeness (QED) is 0.170. The van der Waals surface area contributed by atoms with Crippen molar-refractivity contribution in [2.75, 3.05) is 24.7 Å². The van der Waals surface area contributed by atoms with Gasteiger partial charge in [-0.15, -0.1) is 11.8 Å². The summed E-state index contributed by atoms with van der Waals surface area (Å²) >= 11 is 3.26. The van der Waals surface area contributed by atoms with E-state index in [4.69, 9.17) is 5.73 Å². The highest BCUT2D eigenvalue weighted by Crippen LogP contribution is 2.51. The Labute approximate surface area is 184 Å². The molecule has 0 aromatic rings. The maximum atomic E-state index is 12.4. The summed E-state index contributed by atoms with van der Waals surface area (Å²) in [6, 6.07) is 0.0333. The standard InChI is InChI=1S/C19H30N4O5S2/c1-9-15-14(10(2)24)18(26)23(15)16(19(27)28)17(9)30-12-5-11(21-6-12)7-29-4-3-13(25)22-8-20/h9-12,14-15,21,24H,3-8,20H2,1-2H3,(H,22,25)(H,27,28)/t9-,10-,11+,12+,14-,15-/m1/s1. The normalized spacial score (nSPS) is 31.5. The molecule has 168 valence electrons. The van der Waals surface area contributed by atoms with E-state index < -0.39 is 18.0 Å². The molecule has 0 unspecified atom stereocenters. The Balaban J connectivity index is 1.54. The van der Waals surface area contributed by atoms with Crippen molar-refractivity contribution in [3.8, 4) is 0 Å². The van der Waals surface area contributed by atoms with Crippen molar-refractivity contribution in [2.45, 2.75) is 50.1 Å². The first-order chi connectivity index (χ1) is 14.3. The summed E-state index contributed by atoms with van der Waals surface area (Å²) in [5.74, 6) is -0.457. The number of nitrogens with zero attached hydrogens (tertiary/aromatic N) is 1. The molecule has 0 aromatic carbocycles. The average molecular weight is 459 g/mol. The predicted molar refractivity (Wildman–Crippen MR) is 117 cm³/mol. The highest BCUT2D eigenvalue weighted by Gasteiger charge is 2.60. The fraction of sp³-hybridized carbons (Fsp3) is 0.737. The van der Waals surface area contributed by atoms with E-state index in [2.05, 4.69) is 10.6 Å². The Hall–Kier alpha value is -1.27. The van der Waals surface area contributed by atoms with Crippen LogP contribution in [0.1, 0.15) is 26.7 Å². The van der Waals surface area contributed by atoms with E-state index >= 15 is 0 Å². The molecule has 6 atom stereocenters. The maximum absolute atomic E-state index is 12.4. The molecular weight excluding hydrogens is 428 g/mol. The molecule has 0 aliphatic carbocycles. The summed E-state index contributed by atoms with van der Waals surface area (Å²) < 4.78 is 0. The molecular formula is C19H30N4O5S2. The number of carboxylic acid groups (broad SMARTS) is 1. The van der Waals surface area contributed by atoms with Gasteiger partial charge in [0.05, 0.1) is 24.7 Å². The van der Waals surface area contributed by atoms with Gasteiger partial charge in [-0.1, -0.05) is 6.92 Å². The second-order valence-electron chi connectivity index (χ2n) is 7.98. The van der Waals surface area contributed by atoms with Crippen molar-refractivity contribution >= 4 is 41.3 Å². The first-order valence-electron chi connectivity index (χ1n) is 10.2. The Morgan fingerprint density at radius 1 is 1.43 bits per heavy atom. The summed E-state index contributed by atoms with van der Waals surface area (Å²) in [4.78, 5) is 37.9. The Kier molecular flexibility index (Phi) is 7.72. The number of hydrogen-bond donors (Lipinski definition) is 5. The van der Waals surface area contributed by atoms with Crippen LogP contribution >= 0.6 is 23.5 Å². The third-order valence-corrected chi connectivity index (χ3v) is 8.52. The lowest BCUT2D eigenvalue weighted by molar-refractivity contribution is -0.163. The zero-order chi connectivity index (χ0) is 22.0. The fourth-order valence-electron chi connectivity index (χ4n) is 4.45. The number of rotatable bonds is 10. The lowest BCUT2D eigenvalue weighted by Crippen LogP contribution is -2.63. The number of aliphatic hydroxyl groups is 1. The van der Waals surface area contributed by atoms with Gasteiger partial charge in [-0.25, -0.2) is 4.79 Å². The van der Waals surface area contributed by atoms with E-state index in [1.807, 2.05) is 6.92 Å². The van der Waals surface area contributed by atoms with Crippen LogP contribution in [0.3, 0.4) is 0 Å². The van der Waals surface area contributed by atoms with Crippen LogP contribution < -0.4 is 16.4 Å². The van der Waals surface area contributed by atoms with Crippen LogP contribution in [-0.4, -0.2) is 81.1 Å². The van der Waals surface area contributed by atoms with Gasteiger partial charge in [0.15, 0.2) is 0 Å². The van der Waals surface area contributed by atoms with Gasteiger partial charge < -0.3 is 31.5 Å². The number of thioether (sulfide) groups is 2. The average Bonchev–Trinajstić information content (AvgIpc) is 3.21. The smallest absolute Gasteiger partial charge is 0.353 e. The Bertz CT molecular complexity index is 732. The van der Waals surface area contributed by atoms with E-state index in [0.29, 0.717) is 12.5 Å². The number of aliphatic carboxylic acids is 1. The van der Waals surface area contributed by atoms with Crippen LogP contribution in [0.4, 0.5) is 0 Å². The molecule has 3 aliphatic rings. The highest BCUT2D eigenvalue weighted by atomic mass is 32.2. The van der Waals surface area contributed by atoms with Gasteiger partial charge in [-0.3, -0.25) is 9.59 Å². The summed E-state index contributed by atoms with van der Waals surface area (Å²) in [7, 11) is 0. The summed E-state index contributed by atoms with van der Waals surface area (Å²) in [5, 5.41) is 25.9. The van der Waals surface area contributed by atoms with Gasteiger partial charge in [-0.2, -0.15) is 11.8 Å². The Morgan fingerprint density at radius 2 is 2.17 bits per heavy atom.